The van der Waals surface area contributed by atoms with Gasteiger partial charge in [0.15, 0.2) is 5.82 Å². The molecule has 0 saturated heterocycles. The van der Waals surface area contributed by atoms with Crippen molar-refractivity contribution >= 4 is 10.9 Å². The number of rotatable bonds is 11. The predicted octanol–water partition coefficient (Wildman–Crippen LogP) is 5.21. The van der Waals surface area contributed by atoms with E-state index in [-0.39, 0.29) is 17.1 Å². The quantitative estimate of drug-likeness (QED) is 0.312. The fourth-order valence-corrected chi connectivity index (χ4v) is 4.50. The maximum atomic E-state index is 13.1. The highest BCUT2D eigenvalue weighted by atomic mass is 16.5. The number of aromatic nitrogens is 5. The lowest BCUT2D eigenvalue weighted by Gasteiger charge is -2.33. The van der Waals surface area contributed by atoms with Crippen LogP contribution >= 0.6 is 0 Å². The predicted molar refractivity (Wildman–Crippen MR) is 142 cm³/mol. The summed E-state index contributed by atoms with van der Waals surface area (Å²) in [5.74, 6) is 1.60. The van der Waals surface area contributed by atoms with E-state index in [1.807, 2.05) is 54.1 Å². The molecule has 0 bridgehead atoms. The van der Waals surface area contributed by atoms with Crippen molar-refractivity contribution in [1.82, 2.24) is 30.1 Å². The Morgan fingerprint density at radius 3 is 2.53 bits per heavy atom. The third kappa shape index (κ3) is 5.49. The summed E-state index contributed by atoms with van der Waals surface area (Å²) in [5, 5.41) is 13.8. The van der Waals surface area contributed by atoms with Gasteiger partial charge in [-0.25, -0.2) is 4.68 Å². The Kier molecular flexibility index (Phi) is 7.84. The average Bonchev–Trinajstić information content (AvgIpc) is 3.36. The maximum absolute atomic E-state index is 13.1. The second-order valence-corrected chi connectivity index (χ2v) is 9.74. The molecule has 0 aliphatic heterocycles. The molecule has 0 fully saturated rings. The molecule has 0 radical (unpaired) electrons. The van der Waals surface area contributed by atoms with Gasteiger partial charge < -0.3 is 9.72 Å². The van der Waals surface area contributed by atoms with Crippen LogP contribution in [0.3, 0.4) is 0 Å². The zero-order valence-electron chi connectivity index (χ0n) is 21.9. The number of nitrogens with zero attached hydrogens (tertiary/aromatic N) is 5. The lowest BCUT2D eigenvalue weighted by Crippen LogP contribution is -2.36. The van der Waals surface area contributed by atoms with Gasteiger partial charge in [-0.05, 0) is 73.9 Å². The van der Waals surface area contributed by atoms with Crippen LogP contribution in [-0.4, -0.2) is 36.7 Å². The summed E-state index contributed by atoms with van der Waals surface area (Å²) in [6, 6.07) is 18.0. The number of ether oxygens (including phenoxy) is 1. The number of hydrogen-bond acceptors (Lipinski definition) is 6. The minimum Gasteiger partial charge on any atom is -0.494 e. The molecule has 0 aliphatic carbocycles. The molecule has 2 aromatic heterocycles. The Balaban J connectivity index is 1.76. The SMILES string of the molecule is CCOc1ccc2[nH]c(=O)c(CN(Cc3ccccc3)[C@@H](CC)c3nnnn3C(C)(C)CC)cc2c1. The van der Waals surface area contributed by atoms with Crippen LogP contribution in [0.5, 0.6) is 5.75 Å². The first kappa shape index (κ1) is 25.6. The fourth-order valence-electron chi connectivity index (χ4n) is 4.50. The third-order valence-corrected chi connectivity index (χ3v) is 6.86. The van der Waals surface area contributed by atoms with E-state index in [2.05, 4.69) is 65.2 Å². The highest BCUT2D eigenvalue weighted by molar-refractivity contribution is 5.80. The zero-order chi connectivity index (χ0) is 25.7. The van der Waals surface area contributed by atoms with Gasteiger partial charge in [0.2, 0.25) is 0 Å². The number of fused-ring (bicyclic) bond motifs is 1. The minimum atomic E-state index is -0.221. The molecule has 4 aromatic rings. The monoisotopic (exact) mass is 488 g/mol. The van der Waals surface area contributed by atoms with E-state index in [0.29, 0.717) is 25.3 Å². The molecule has 1 N–H and O–H groups in total. The Bertz CT molecular complexity index is 1350. The van der Waals surface area contributed by atoms with Crippen molar-refractivity contribution in [3.63, 3.8) is 0 Å². The first-order chi connectivity index (χ1) is 17.4. The lowest BCUT2D eigenvalue weighted by molar-refractivity contribution is 0.150. The van der Waals surface area contributed by atoms with Crippen LogP contribution in [0.25, 0.3) is 10.9 Å². The number of H-pyrrole nitrogens is 1. The van der Waals surface area contributed by atoms with E-state index < -0.39 is 0 Å². The Labute approximate surface area is 212 Å². The summed E-state index contributed by atoms with van der Waals surface area (Å²) in [6.07, 6.45) is 1.69. The van der Waals surface area contributed by atoms with E-state index >= 15 is 0 Å². The first-order valence-corrected chi connectivity index (χ1v) is 12.7. The largest absolute Gasteiger partial charge is 0.494 e. The van der Waals surface area contributed by atoms with Crippen molar-refractivity contribution in [2.24, 2.45) is 0 Å². The lowest BCUT2D eigenvalue weighted by atomic mass is 10.0. The van der Waals surface area contributed by atoms with Gasteiger partial charge in [0, 0.05) is 29.6 Å². The fraction of sp³-hybridized carbons (Fsp3) is 0.429. The number of nitrogens with one attached hydrogen (secondary N) is 1. The summed E-state index contributed by atoms with van der Waals surface area (Å²) >= 11 is 0. The Hall–Kier alpha value is -3.52. The van der Waals surface area contributed by atoms with E-state index in [0.717, 1.165) is 35.3 Å². The molecule has 190 valence electrons. The molecule has 8 heteroatoms. The third-order valence-electron chi connectivity index (χ3n) is 6.86. The summed E-state index contributed by atoms with van der Waals surface area (Å²) in [7, 11) is 0. The number of benzene rings is 2. The number of pyridine rings is 1. The second-order valence-electron chi connectivity index (χ2n) is 9.74. The van der Waals surface area contributed by atoms with Gasteiger partial charge in [0.25, 0.3) is 5.56 Å². The minimum absolute atomic E-state index is 0.0733. The van der Waals surface area contributed by atoms with Crippen molar-refractivity contribution in [3.05, 3.63) is 81.9 Å². The van der Waals surface area contributed by atoms with E-state index in [1.165, 1.54) is 5.56 Å². The molecule has 0 aliphatic rings. The van der Waals surface area contributed by atoms with Gasteiger partial charge in [0.1, 0.15) is 5.75 Å². The maximum Gasteiger partial charge on any atom is 0.252 e. The normalized spacial score (nSPS) is 12.8. The van der Waals surface area contributed by atoms with Gasteiger partial charge in [-0.3, -0.25) is 9.69 Å². The van der Waals surface area contributed by atoms with Gasteiger partial charge >= 0.3 is 0 Å². The Morgan fingerprint density at radius 2 is 1.83 bits per heavy atom. The molecule has 0 unspecified atom stereocenters. The average molecular weight is 489 g/mol. The highest BCUT2D eigenvalue weighted by Gasteiger charge is 2.31. The van der Waals surface area contributed by atoms with Crippen molar-refractivity contribution in [3.8, 4) is 5.75 Å². The molecule has 2 aromatic carbocycles. The molecule has 0 amide bonds. The standard InChI is InChI=1S/C28H36N6O2/c1-6-25(26-30-31-32-34(26)28(4,5)7-2)33(18-20-12-10-9-11-13-20)19-22-16-21-17-23(36-8-3)14-15-24(21)29-27(22)35/h9-17,25H,6-8,18-19H2,1-5H3,(H,29,35)/t25-/m0/s1. The number of tetrazole rings is 1. The molecule has 1 atom stereocenters. The molecule has 2 heterocycles. The van der Waals surface area contributed by atoms with Gasteiger partial charge in [0.05, 0.1) is 18.2 Å². The highest BCUT2D eigenvalue weighted by Crippen LogP contribution is 2.30. The second kappa shape index (κ2) is 11.0. The molecule has 36 heavy (non-hydrogen) atoms. The van der Waals surface area contributed by atoms with E-state index in [9.17, 15) is 4.79 Å². The molecule has 4 rings (SSSR count). The van der Waals surface area contributed by atoms with Crippen molar-refractivity contribution < 1.29 is 4.74 Å². The summed E-state index contributed by atoms with van der Waals surface area (Å²) in [4.78, 5) is 18.5. The van der Waals surface area contributed by atoms with Crippen LogP contribution in [0, 0.1) is 0 Å². The Morgan fingerprint density at radius 1 is 1.06 bits per heavy atom. The molecule has 8 nitrogen and oxygen atoms in total. The smallest absolute Gasteiger partial charge is 0.252 e. The van der Waals surface area contributed by atoms with Crippen LogP contribution in [0.4, 0.5) is 0 Å². The first-order valence-electron chi connectivity index (χ1n) is 12.7. The zero-order valence-corrected chi connectivity index (χ0v) is 21.9. The van der Waals surface area contributed by atoms with E-state index in [4.69, 9.17) is 4.74 Å². The number of aromatic amines is 1. The van der Waals surface area contributed by atoms with Crippen LogP contribution in [0.1, 0.15) is 70.5 Å². The van der Waals surface area contributed by atoms with Crippen molar-refractivity contribution in [1.29, 1.82) is 0 Å². The summed E-state index contributed by atoms with van der Waals surface area (Å²) < 4.78 is 7.62. The summed E-state index contributed by atoms with van der Waals surface area (Å²) in [5.41, 5.74) is 2.34. The number of hydrogen-bond donors (Lipinski definition) is 1. The van der Waals surface area contributed by atoms with Gasteiger partial charge in [-0.1, -0.05) is 44.2 Å². The molecule has 0 saturated carbocycles. The molecular formula is C28H36N6O2. The van der Waals surface area contributed by atoms with E-state index in [1.54, 1.807) is 0 Å². The van der Waals surface area contributed by atoms with Gasteiger partial charge in [-0.2, -0.15) is 0 Å². The topological polar surface area (TPSA) is 88.9 Å². The van der Waals surface area contributed by atoms with Crippen LogP contribution in [0.15, 0.2) is 59.4 Å². The van der Waals surface area contributed by atoms with Crippen LogP contribution < -0.4 is 10.3 Å². The van der Waals surface area contributed by atoms with Gasteiger partial charge in [-0.15, -0.1) is 5.10 Å². The molecule has 0 spiro atoms. The van der Waals surface area contributed by atoms with Crippen LogP contribution in [-0.2, 0) is 18.6 Å². The summed E-state index contributed by atoms with van der Waals surface area (Å²) in [6.45, 7) is 12.2. The van der Waals surface area contributed by atoms with Crippen LogP contribution in [0.2, 0.25) is 0 Å². The molecular weight excluding hydrogens is 452 g/mol. The van der Waals surface area contributed by atoms with Crippen molar-refractivity contribution in [2.45, 2.75) is 72.1 Å². The van der Waals surface area contributed by atoms with Crippen molar-refractivity contribution in [2.75, 3.05) is 6.61 Å².